The zero-order chi connectivity index (χ0) is 15.4. The van der Waals surface area contributed by atoms with E-state index >= 15 is 0 Å². The smallest absolute Gasteiger partial charge is 0.224 e. The van der Waals surface area contributed by atoms with Crippen molar-refractivity contribution >= 4 is 15.7 Å². The lowest BCUT2D eigenvalue weighted by atomic mass is 10.1. The maximum absolute atomic E-state index is 11.9. The van der Waals surface area contributed by atoms with Crippen LogP contribution in [0.1, 0.15) is 31.9 Å². The van der Waals surface area contributed by atoms with Gasteiger partial charge in [0.2, 0.25) is 5.91 Å². The molecule has 0 aliphatic heterocycles. The van der Waals surface area contributed by atoms with Crippen molar-refractivity contribution in [1.29, 1.82) is 0 Å². The standard InChI is InChI=1S/C15H23NO3S/c1-12-7-5-6-8-13(12)11-14(17)16-9-10-20(18,19)15(2,3)4/h5-8H,9-11H2,1-4H3,(H,16,17). The van der Waals surface area contributed by atoms with E-state index in [0.29, 0.717) is 0 Å². The predicted molar refractivity (Wildman–Crippen MR) is 81.4 cm³/mol. The number of carbonyl (C=O) groups excluding carboxylic acids is 1. The van der Waals surface area contributed by atoms with Crippen molar-refractivity contribution < 1.29 is 13.2 Å². The highest BCUT2D eigenvalue weighted by Crippen LogP contribution is 2.15. The summed E-state index contributed by atoms with van der Waals surface area (Å²) in [6.07, 6.45) is 0.280. The minimum atomic E-state index is -3.19. The first kappa shape index (κ1) is 16.7. The molecule has 0 bridgehead atoms. The van der Waals surface area contributed by atoms with E-state index in [9.17, 15) is 13.2 Å². The van der Waals surface area contributed by atoms with E-state index in [1.807, 2.05) is 31.2 Å². The average molecular weight is 297 g/mol. The molecule has 1 aromatic rings. The summed E-state index contributed by atoms with van der Waals surface area (Å²) in [5.41, 5.74) is 2.02. The molecule has 5 heteroatoms. The molecule has 4 nitrogen and oxygen atoms in total. The highest BCUT2D eigenvalue weighted by molar-refractivity contribution is 7.92. The summed E-state index contributed by atoms with van der Waals surface area (Å²) in [5, 5.41) is 2.67. The number of carbonyl (C=O) groups is 1. The molecule has 0 saturated carbocycles. The van der Waals surface area contributed by atoms with Crippen molar-refractivity contribution in [3.05, 3.63) is 35.4 Å². The van der Waals surface area contributed by atoms with Crippen molar-refractivity contribution in [1.82, 2.24) is 5.32 Å². The van der Waals surface area contributed by atoms with Gasteiger partial charge in [-0.1, -0.05) is 24.3 Å². The number of aryl methyl sites for hydroxylation is 1. The van der Waals surface area contributed by atoms with Gasteiger partial charge in [0, 0.05) is 6.54 Å². The first-order valence-corrected chi connectivity index (χ1v) is 8.32. The molecule has 0 radical (unpaired) electrons. The summed E-state index contributed by atoms with van der Waals surface area (Å²) in [4.78, 5) is 11.8. The molecule has 0 aromatic heterocycles. The Morgan fingerprint density at radius 1 is 1.20 bits per heavy atom. The minimum Gasteiger partial charge on any atom is -0.355 e. The van der Waals surface area contributed by atoms with Gasteiger partial charge in [-0.3, -0.25) is 4.79 Å². The quantitative estimate of drug-likeness (QED) is 0.902. The fourth-order valence-electron chi connectivity index (χ4n) is 1.67. The first-order chi connectivity index (χ1) is 9.13. The number of hydrogen-bond acceptors (Lipinski definition) is 3. The van der Waals surface area contributed by atoms with E-state index in [1.54, 1.807) is 20.8 Å². The SMILES string of the molecule is Cc1ccccc1CC(=O)NCCS(=O)(=O)C(C)(C)C. The molecule has 0 fully saturated rings. The third-order valence-corrected chi connectivity index (χ3v) is 5.85. The fraction of sp³-hybridized carbons (Fsp3) is 0.533. The molecule has 112 valence electrons. The number of amides is 1. The van der Waals surface area contributed by atoms with E-state index < -0.39 is 14.6 Å². The topological polar surface area (TPSA) is 63.2 Å². The summed E-state index contributed by atoms with van der Waals surface area (Å²) < 4.78 is 23.0. The number of sulfone groups is 1. The molecule has 0 unspecified atom stereocenters. The monoisotopic (exact) mass is 297 g/mol. The molecular formula is C15H23NO3S. The van der Waals surface area contributed by atoms with Gasteiger partial charge in [0.15, 0.2) is 9.84 Å². The van der Waals surface area contributed by atoms with Crippen LogP contribution in [0.5, 0.6) is 0 Å². The molecule has 1 rings (SSSR count). The van der Waals surface area contributed by atoms with Gasteiger partial charge in [-0.15, -0.1) is 0 Å². The zero-order valence-electron chi connectivity index (χ0n) is 12.6. The van der Waals surface area contributed by atoms with Crippen LogP contribution in [0.4, 0.5) is 0 Å². The average Bonchev–Trinajstić information content (AvgIpc) is 2.30. The first-order valence-electron chi connectivity index (χ1n) is 6.67. The van der Waals surface area contributed by atoms with Crippen LogP contribution in [-0.2, 0) is 21.1 Å². The van der Waals surface area contributed by atoms with Crippen LogP contribution in [-0.4, -0.2) is 31.4 Å². The second-order valence-corrected chi connectivity index (χ2v) is 8.75. The molecule has 1 N–H and O–H groups in total. The Hall–Kier alpha value is -1.36. The highest BCUT2D eigenvalue weighted by Gasteiger charge is 2.28. The van der Waals surface area contributed by atoms with Crippen molar-refractivity contribution in [2.24, 2.45) is 0 Å². The van der Waals surface area contributed by atoms with Crippen molar-refractivity contribution in [2.45, 2.75) is 38.9 Å². The Morgan fingerprint density at radius 3 is 2.35 bits per heavy atom. The maximum atomic E-state index is 11.9. The normalized spacial score (nSPS) is 12.2. The summed E-state index contributed by atoms with van der Waals surface area (Å²) in [6, 6.07) is 7.67. The van der Waals surface area contributed by atoms with Crippen molar-refractivity contribution in [3.8, 4) is 0 Å². The lowest BCUT2D eigenvalue weighted by molar-refractivity contribution is -0.120. The summed E-state index contributed by atoms with van der Waals surface area (Å²) in [5.74, 6) is -0.181. The molecule has 0 aliphatic rings. The van der Waals surface area contributed by atoms with E-state index in [-0.39, 0.29) is 24.6 Å². The fourth-order valence-corrected chi connectivity index (χ4v) is 2.66. The molecule has 20 heavy (non-hydrogen) atoms. The van der Waals surface area contributed by atoms with Gasteiger partial charge in [0.25, 0.3) is 0 Å². The maximum Gasteiger partial charge on any atom is 0.224 e. The molecule has 0 spiro atoms. The summed E-state index contributed by atoms with van der Waals surface area (Å²) in [7, 11) is -3.19. The molecular weight excluding hydrogens is 274 g/mol. The molecule has 0 heterocycles. The van der Waals surface area contributed by atoms with Crippen LogP contribution in [0.2, 0.25) is 0 Å². The minimum absolute atomic E-state index is 0.0317. The van der Waals surface area contributed by atoms with Crippen LogP contribution in [0, 0.1) is 6.92 Å². The predicted octanol–water partition coefficient (Wildman–Crippen LogP) is 1.87. The Morgan fingerprint density at radius 2 is 1.80 bits per heavy atom. The Bertz CT molecular complexity index is 571. The van der Waals surface area contributed by atoms with Gasteiger partial charge >= 0.3 is 0 Å². The molecule has 1 amide bonds. The molecule has 0 aliphatic carbocycles. The van der Waals surface area contributed by atoms with Crippen molar-refractivity contribution in [2.75, 3.05) is 12.3 Å². The molecule has 0 saturated heterocycles. The molecule has 0 atom stereocenters. The van der Waals surface area contributed by atoms with E-state index in [1.165, 1.54) is 0 Å². The second-order valence-electron chi connectivity index (χ2n) is 5.88. The van der Waals surface area contributed by atoms with Crippen LogP contribution in [0.25, 0.3) is 0 Å². The van der Waals surface area contributed by atoms with Gasteiger partial charge in [-0.25, -0.2) is 8.42 Å². The van der Waals surface area contributed by atoms with Gasteiger partial charge in [0.05, 0.1) is 16.9 Å². The highest BCUT2D eigenvalue weighted by atomic mass is 32.2. The van der Waals surface area contributed by atoms with Gasteiger partial charge in [-0.05, 0) is 38.8 Å². The van der Waals surface area contributed by atoms with Crippen LogP contribution < -0.4 is 5.32 Å². The summed E-state index contributed by atoms with van der Waals surface area (Å²) >= 11 is 0. The van der Waals surface area contributed by atoms with E-state index in [4.69, 9.17) is 0 Å². The second kappa shape index (κ2) is 6.39. The lowest BCUT2D eigenvalue weighted by Crippen LogP contribution is -2.37. The molecule has 1 aromatic carbocycles. The number of benzene rings is 1. The Balaban J connectivity index is 2.48. The Kier molecular flexibility index (Phi) is 5.34. The van der Waals surface area contributed by atoms with E-state index in [2.05, 4.69) is 5.32 Å². The largest absolute Gasteiger partial charge is 0.355 e. The lowest BCUT2D eigenvalue weighted by Gasteiger charge is -2.19. The van der Waals surface area contributed by atoms with Gasteiger partial charge < -0.3 is 5.32 Å². The Labute approximate surface area is 121 Å². The van der Waals surface area contributed by atoms with Crippen LogP contribution >= 0.6 is 0 Å². The van der Waals surface area contributed by atoms with E-state index in [0.717, 1.165) is 11.1 Å². The third-order valence-electron chi connectivity index (χ3n) is 3.24. The zero-order valence-corrected chi connectivity index (χ0v) is 13.4. The number of rotatable bonds is 5. The van der Waals surface area contributed by atoms with Crippen LogP contribution in [0.15, 0.2) is 24.3 Å². The van der Waals surface area contributed by atoms with Gasteiger partial charge in [-0.2, -0.15) is 0 Å². The summed E-state index contributed by atoms with van der Waals surface area (Å²) in [6.45, 7) is 7.10. The van der Waals surface area contributed by atoms with Gasteiger partial charge in [0.1, 0.15) is 0 Å². The third kappa shape index (κ3) is 4.63. The van der Waals surface area contributed by atoms with Crippen LogP contribution in [0.3, 0.4) is 0 Å². The number of hydrogen-bond donors (Lipinski definition) is 1. The number of nitrogens with one attached hydrogen (secondary N) is 1. The van der Waals surface area contributed by atoms with Crippen molar-refractivity contribution in [3.63, 3.8) is 0 Å².